The first-order valence-corrected chi connectivity index (χ1v) is 7.27. The Kier molecular flexibility index (Phi) is 3.76. The Morgan fingerprint density at radius 3 is 2.95 bits per heavy atom. The molecule has 3 rings (SSSR count). The summed E-state index contributed by atoms with van der Waals surface area (Å²) in [5.74, 6) is 0. The van der Waals surface area contributed by atoms with E-state index in [2.05, 4.69) is 20.1 Å². The van der Waals surface area contributed by atoms with Crippen molar-refractivity contribution in [3.05, 3.63) is 29.1 Å². The van der Waals surface area contributed by atoms with E-state index in [0.29, 0.717) is 6.04 Å². The number of hydrogen-bond donors (Lipinski definition) is 0. The minimum atomic E-state index is 0.493. The van der Waals surface area contributed by atoms with Crippen molar-refractivity contribution in [1.29, 1.82) is 0 Å². The molecular weight excluding hydrogens is 276 g/mol. The lowest BCUT2D eigenvalue weighted by atomic mass is 10.2. The lowest BCUT2D eigenvalue weighted by molar-refractivity contribution is 0.218. The van der Waals surface area contributed by atoms with Crippen LogP contribution in [0.4, 0.5) is 0 Å². The maximum Gasteiger partial charge on any atom is 0.137 e. The molecule has 1 saturated heterocycles. The van der Waals surface area contributed by atoms with Gasteiger partial charge in [-0.2, -0.15) is 10.2 Å². The normalized spacial score (nSPS) is 19.9. The quantitative estimate of drug-likeness (QED) is 0.860. The van der Waals surface area contributed by atoms with Crippen molar-refractivity contribution in [2.75, 3.05) is 6.54 Å². The Hall–Kier alpha value is -1.40. The molecule has 0 aliphatic carbocycles. The van der Waals surface area contributed by atoms with E-state index in [1.54, 1.807) is 17.3 Å². The van der Waals surface area contributed by atoms with Crippen LogP contribution in [0.15, 0.2) is 12.7 Å². The van der Waals surface area contributed by atoms with Crippen LogP contribution in [0.5, 0.6) is 0 Å². The van der Waals surface area contributed by atoms with Gasteiger partial charge in [0.1, 0.15) is 17.8 Å². The Morgan fingerprint density at radius 1 is 1.45 bits per heavy atom. The fourth-order valence-corrected chi connectivity index (χ4v) is 3.14. The van der Waals surface area contributed by atoms with E-state index in [1.807, 2.05) is 18.7 Å². The summed E-state index contributed by atoms with van der Waals surface area (Å²) >= 11 is 6.33. The summed E-state index contributed by atoms with van der Waals surface area (Å²) in [6.07, 6.45) is 5.77. The Morgan fingerprint density at radius 2 is 2.30 bits per heavy atom. The molecule has 0 N–H and O–H groups in total. The van der Waals surface area contributed by atoms with Crippen LogP contribution >= 0.6 is 11.6 Å². The molecule has 1 atom stereocenters. The molecule has 6 nitrogen and oxygen atoms in total. The van der Waals surface area contributed by atoms with Gasteiger partial charge < -0.3 is 0 Å². The molecule has 0 aromatic carbocycles. The zero-order valence-corrected chi connectivity index (χ0v) is 12.6. The molecule has 0 bridgehead atoms. The van der Waals surface area contributed by atoms with E-state index in [-0.39, 0.29) is 0 Å². The summed E-state index contributed by atoms with van der Waals surface area (Å²) in [6, 6.07) is 0.493. The maximum atomic E-state index is 6.33. The zero-order chi connectivity index (χ0) is 14.1. The van der Waals surface area contributed by atoms with Gasteiger partial charge in [-0.3, -0.25) is 14.3 Å². The highest BCUT2D eigenvalue weighted by atomic mass is 35.5. The number of halogens is 1. The van der Waals surface area contributed by atoms with Crippen molar-refractivity contribution in [3.8, 4) is 0 Å². The molecule has 20 heavy (non-hydrogen) atoms. The first-order valence-electron chi connectivity index (χ1n) is 6.89. The molecule has 3 heterocycles. The van der Waals surface area contributed by atoms with Crippen molar-refractivity contribution >= 4 is 11.6 Å². The molecular formula is C13H19ClN6. The van der Waals surface area contributed by atoms with Gasteiger partial charge in [0, 0.05) is 25.2 Å². The molecule has 0 spiro atoms. The van der Waals surface area contributed by atoms with E-state index < -0.39 is 0 Å². The van der Waals surface area contributed by atoms with E-state index in [1.165, 1.54) is 12.8 Å². The van der Waals surface area contributed by atoms with Gasteiger partial charge in [0.15, 0.2) is 0 Å². The predicted octanol–water partition coefficient (Wildman–Crippen LogP) is 1.64. The van der Waals surface area contributed by atoms with Gasteiger partial charge in [0.25, 0.3) is 0 Å². The van der Waals surface area contributed by atoms with Crippen molar-refractivity contribution in [1.82, 2.24) is 29.4 Å². The predicted molar refractivity (Wildman–Crippen MR) is 76.4 cm³/mol. The highest BCUT2D eigenvalue weighted by Crippen LogP contribution is 2.26. The first-order chi connectivity index (χ1) is 9.65. The zero-order valence-electron chi connectivity index (χ0n) is 11.8. The van der Waals surface area contributed by atoms with Gasteiger partial charge in [0.05, 0.1) is 12.2 Å². The second kappa shape index (κ2) is 5.54. The average Bonchev–Trinajstić information content (AvgIpc) is 3.11. The minimum Gasteiger partial charge on any atom is -0.294 e. The monoisotopic (exact) mass is 294 g/mol. The van der Waals surface area contributed by atoms with Crippen LogP contribution in [0.3, 0.4) is 0 Å². The highest BCUT2D eigenvalue weighted by Gasteiger charge is 2.27. The van der Waals surface area contributed by atoms with Crippen LogP contribution in [-0.4, -0.2) is 42.0 Å². The van der Waals surface area contributed by atoms with Crippen LogP contribution in [0.2, 0.25) is 5.15 Å². The maximum absolute atomic E-state index is 6.33. The van der Waals surface area contributed by atoms with Crippen LogP contribution in [0.1, 0.15) is 24.1 Å². The second-order valence-corrected chi connectivity index (χ2v) is 5.72. The summed E-state index contributed by atoms with van der Waals surface area (Å²) in [5.41, 5.74) is 2.16. The fraction of sp³-hybridized carbons (Fsp3) is 0.615. The van der Waals surface area contributed by atoms with Gasteiger partial charge in [-0.15, -0.1) is 0 Å². The summed E-state index contributed by atoms with van der Waals surface area (Å²) in [6.45, 7) is 4.86. The fourth-order valence-electron chi connectivity index (χ4n) is 2.91. The van der Waals surface area contributed by atoms with Crippen molar-refractivity contribution < 1.29 is 0 Å². The molecule has 108 valence electrons. The molecule has 2 aromatic heterocycles. The van der Waals surface area contributed by atoms with E-state index in [4.69, 9.17) is 11.6 Å². The Labute approximate surface area is 123 Å². The minimum absolute atomic E-state index is 0.493. The molecule has 0 amide bonds. The van der Waals surface area contributed by atoms with Gasteiger partial charge in [-0.05, 0) is 26.3 Å². The topological polar surface area (TPSA) is 51.8 Å². The smallest absolute Gasteiger partial charge is 0.137 e. The van der Waals surface area contributed by atoms with E-state index in [9.17, 15) is 0 Å². The van der Waals surface area contributed by atoms with Crippen molar-refractivity contribution in [2.24, 2.45) is 7.05 Å². The molecule has 1 aliphatic heterocycles. The largest absolute Gasteiger partial charge is 0.294 e. The summed E-state index contributed by atoms with van der Waals surface area (Å²) < 4.78 is 3.65. The number of rotatable bonds is 4. The lowest BCUT2D eigenvalue weighted by Crippen LogP contribution is -2.32. The molecule has 7 heteroatoms. The molecule has 1 fully saturated rings. The number of aryl methyl sites for hydroxylation is 2. The van der Waals surface area contributed by atoms with E-state index >= 15 is 0 Å². The number of likely N-dealkylation sites (tertiary alicyclic amines) is 1. The van der Waals surface area contributed by atoms with Gasteiger partial charge in [-0.25, -0.2) is 4.98 Å². The number of hydrogen-bond acceptors (Lipinski definition) is 4. The summed E-state index contributed by atoms with van der Waals surface area (Å²) in [4.78, 5) is 6.47. The third-order valence-corrected chi connectivity index (χ3v) is 4.47. The Bertz CT molecular complexity index is 576. The third kappa shape index (κ3) is 2.58. The Balaban J connectivity index is 1.72. The van der Waals surface area contributed by atoms with Crippen LogP contribution < -0.4 is 0 Å². The summed E-state index contributed by atoms with van der Waals surface area (Å²) in [7, 11) is 1.88. The summed E-state index contributed by atoms with van der Waals surface area (Å²) in [5, 5.41) is 9.33. The SMILES string of the molecule is Cc1nn(C)c(Cl)c1CN1CCC[C@H]1Cn1cncn1. The van der Waals surface area contributed by atoms with Crippen molar-refractivity contribution in [2.45, 2.75) is 38.9 Å². The average molecular weight is 295 g/mol. The van der Waals surface area contributed by atoms with Gasteiger partial charge in [-0.1, -0.05) is 11.6 Å². The molecule has 0 saturated carbocycles. The second-order valence-electron chi connectivity index (χ2n) is 5.36. The van der Waals surface area contributed by atoms with Crippen molar-refractivity contribution in [3.63, 3.8) is 0 Å². The molecule has 1 aliphatic rings. The standard InChI is InChI=1S/C13H19ClN6/c1-10-12(13(14)18(2)17-10)7-19-5-3-4-11(19)6-20-9-15-8-16-20/h8-9,11H,3-7H2,1-2H3/t11-/m0/s1. The van der Waals surface area contributed by atoms with Crippen LogP contribution in [0.25, 0.3) is 0 Å². The first kappa shape index (κ1) is 13.6. The molecule has 0 unspecified atom stereocenters. The van der Waals surface area contributed by atoms with E-state index in [0.717, 1.165) is 36.0 Å². The highest BCUT2D eigenvalue weighted by molar-refractivity contribution is 6.30. The number of aromatic nitrogens is 5. The number of nitrogens with zero attached hydrogens (tertiary/aromatic N) is 6. The van der Waals surface area contributed by atoms with Gasteiger partial charge in [0.2, 0.25) is 0 Å². The third-order valence-electron chi connectivity index (χ3n) is 3.99. The molecule has 0 radical (unpaired) electrons. The van der Waals surface area contributed by atoms with Gasteiger partial charge >= 0.3 is 0 Å². The van der Waals surface area contributed by atoms with Crippen LogP contribution in [-0.2, 0) is 20.1 Å². The van der Waals surface area contributed by atoms with Crippen LogP contribution in [0, 0.1) is 6.92 Å². The molecule has 2 aromatic rings. The lowest BCUT2D eigenvalue weighted by Gasteiger charge is -2.24.